The topological polar surface area (TPSA) is 58.2 Å². The van der Waals surface area contributed by atoms with Crippen LogP contribution >= 0.6 is 23.2 Å². The molecular formula is C9H7Cl2FN2O2. The molecule has 1 aromatic carbocycles. The first-order valence-corrected chi connectivity index (χ1v) is 5.06. The third-order valence-corrected chi connectivity index (χ3v) is 2.12. The van der Waals surface area contributed by atoms with Crippen LogP contribution in [0.3, 0.4) is 0 Å². The molecule has 0 atom stereocenters. The number of anilines is 1. The van der Waals surface area contributed by atoms with E-state index in [1.165, 1.54) is 6.07 Å². The lowest BCUT2D eigenvalue weighted by molar-refractivity contribution is -0.117. The molecule has 0 aliphatic heterocycles. The number of hydrogen-bond donors (Lipinski definition) is 2. The Morgan fingerprint density at radius 3 is 2.69 bits per heavy atom. The van der Waals surface area contributed by atoms with Crippen LogP contribution in [0.2, 0.25) is 5.02 Å². The summed E-state index contributed by atoms with van der Waals surface area (Å²) in [6.45, 7) is 0. The van der Waals surface area contributed by atoms with Crippen molar-refractivity contribution in [1.29, 1.82) is 0 Å². The van der Waals surface area contributed by atoms with Crippen molar-refractivity contribution >= 4 is 40.8 Å². The van der Waals surface area contributed by atoms with Gasteiger partial charge in [0.05, 0.1) is 10.7 Å². The Morgan fingerprint density at radius 2 is 2.06 bits per heavy atom. The van der Waals surface area contributed by atoms with E-state index >= 15 is 0 Å². The number of alkyl halides is 1. The van der Waals surface area contributed by atoms with Gasteiger partial charge in [-0.05, 0) is 18.2 Å². The van der Waals surface area contributed by atoms with Gasteiger partial charge < -0.3 is 5.32 Å². The van der Waals surface area contributed by atoms with Crippen LogP contribution in [-0.4, -0.2) is 17.8 Å². The van der Waals surface area contributed by atoms with Crippen LogP contribution in [0.5, 0.6) is 0 Å². The van der Waals surface area contributed by atoms with Crippen molar-refractivity contribution in [2.24, 2.45) is 0 Å². The van der Waals surface area contributed by atoms with E-state index in [1.807, 2.05) is 5.32 Å². The number of hydrogen-bond acceptors (Lipinski definition) is 2. The van der Waals surface area contributed by atoms with E-state index in [0.717, 1.165) is 12.1 Å². The van der Waals surface area contributed by atoms with Gasteiger partial charge in [0, 0.05) is 0 Å². The van der Waals surface area contributed by atoms with E-state index in [-0.39, 0.29) is 16.6 Å². The maximum atomic E-state index is 12.8. The van der Waals surface area contributed by atoms with Gasteiger partial charge in [0.15, 0.2) is 0 Å². The summed E-state index contributed by atoms with van der Waals surface area (Å²) in [6, 6.07) is 2.65. The molecule has 0 saturated carbocycles. The van der Waals surface area contributed by atoms with Crippen LogP contribution in [0.1, 0.15) is 0 Å². The number of benzene rings is 1. The molecule has 7 heteroatoms. The minimum Gasteiger partial charge on any atom is -0.306 e. The van der Waals surface area contributed by atoms with Crippen LogP contribution in [0.15, 0.2) is 18.2 Å². The molecular weight excluding hydrogens is 258 g/mol. The number of carbonyl (C=O) groups is 2. The summed E-state index contributed by atoms with van der Waals surface area (Å²) in [5.74, 6) is -1.56. The van der Waals surface area contributed by atoms with E-state index in [4.69, 9.17) is 23.2 Å². The fourth-order valence-corrected chi connectivity index (χ4v) is 1.14. The molecule has 0 radical (unpaired) electrons. The van der Waals surface area contributed by atoms with Gasteiger partial charge in [-0.15, -0.1) is 11.6 Å². The summed E-state index contributed by atoms with van der Waals surface area (Å²) in [4.78, 5) is 21.9. The van der Waals surface area contributed by atoms with Gasteiger partial charge in [-0.25, -0.2) is 9.18 Å². The van der Waals surface area contributed by atoms with Gasteiger partial charge in [0.25, 0.3) is 0 Å². The summed E-state index contributed by atoms with van der Waals surface area (Å²) in [6.07, 6.45) is 0. The van der Waals surface area contributed by atoms with Gasteiger partial charge in [0.1, 0.15) is 11.7 Å². The molecule has 3 amide bonds. The Morgan fingerprint density at radius 1 is 1.38 bits per heavy atom. The van der Waals surface area contributed by atoms with Crippen LogP contribution in [0.25, 0.3) is 0 Å². The monoisotopic (exact) mass is 264 g/mol. The molecule has 0 spiro atoms. The highest BCUT2D eigenvalue weighted by Crippen LogP contribution is 2.22. The van der Waals surface area contributed by atoms with Crippen molar-refractivity contribution in [3.05, 3.63) is 29.0 Å². The number of urea groups is 1. The highest BCUT2D eigenvalue weighted by atomic mass is 35.5. The zero-order valence-electron chi connectivity index (χ0n) is 7.89. The molecule has 0 bridgehead atoms. The average Bonchev–Trinajstić information content (AvgIpc) is 2.23. The van der Waals surface area contributed by atoms with Crippen molar-refractivity contribution in [3.63, 3.8) is 0 Å². The second kappa shape index (κ2) is 5.67. The highest BCUT2D eigenvalue weighted by Gasteiger charge is 2.09. The van der Waals surface area contributed by atoms with Crippen molar-refractivity contribution < 1.29 is 14.0 Å². The van der Waals surface area contributed by atoms with Crippen LogP contribution in [0.4, 0.5) is 14.9 Å². The summed E-state index contributed by atoms with van der Waals surface area (Å²) in [5, 5.41) is 4.30. The van der Waals surface area contributed by atoms with E-state index in [9.17, 15) is 14.0 Å². The summed E-state index contributed by atoms with van der Waals surface area (Å²) < 4.78 is 12.8. The Bertz CT molecular complexity index is 426. The second-order valence-electron chi connectivity index (χ2n) is 2.76. The molecule has 0 heterocycles. The highest BCUT2D eigenvalue weighted by molar-refractivity contribution is 6.34. The fraction of sp³-hybridized carbons (Fsp3) is 0.111. The number of imide groups is 1. The Kier molecular flexibility index (Phi) is 4.52. The third kappa shape index (κ3) is 3.67. The molecule has 0 saturated heterocycles. The number of rotatable bonds is 2. The molecule has 0 aliphatic carbocycles. The Hall–Kier alpha value is -1.33. The van der Waals surface area contributed by atoms with E-state index in [2.05, 4.69) is 5.32 Å². The predicted molar refractivity (Wildman–Crippen MR) is 59.3 cm³/mol. The molecule has 86 valence electrons. The first-order valence-electron chi connectivity index (χ1n) is 4.15. The molecule has 4 nitrogen and oxygen atoms in total. The number of carbonyl (C=O) groups excluding carboxylic acids is 2. The van der Waals surface area contributed by atoms with Crippen molar-refractivity contribution in [2.45, 2.75) is 0 Å². The lowest BCUT2D eigenvalue weighted by Crippen LogP contribution is -2.35. The number of amides is 3. The smallest absolute Gasteiger partial charge is 0.306 e. The molecule has 2 N–H and O–H groups in total. The lowest BCUT2D eigenvalue weighted by atomic mass is 10.3. The number of nitrogens with one attached hydrogen (secondary N) is 2. The van der Waals surface area contributed by atoms with Crippen LogP contribution < -0.4 is 10.6 Å². The lowest BCUT2D eigenvalue weighted by Gasteiger charge is -2.07. The summed E-state index contributed by atoms with van der Waals surface area (Å²) >= 11 is 10.9. The molecule has 0 unspecified atom stereocenters. The Labute approximate surface area is 101 Å². The Balaban J connectivity index is 2.69. The minimum atomic E-state index is -0.821. The molecule has 1 aromatic rings. The molecule has 16 heavy (non-hydrogen) atoms. The molecule has 0 fully saturated rings. The van der Waals surface area contributed by atoms with E-state index in [1.54, 1.807) is 0 Å². The predicted octanol–water partition coefficient (Wildman–Crippen LogP) is 2.37. The van der Waals surface area contributed by atoms with Gasteiger partial charge in [-0.3, -0.25) is 10.1 Å². The van der Waals surface area contributed by atoms with Crippen molar-refractivity contribution in [2.75, 3.05) is 11.2 Å². The first kappa shape index (κ1) is 12.7. The SMILES string of the molecule is O=C(CCl)NC(=O)Nc1cc(F)ccc1Cl. The maximum Gasteiger partial charge on any atom is 0.325 e. The van der Waals surface area contributed by atoms with Crippen LogP contribution in [0, 0.1) is 5.82 Å². The standard InChI is InChI=1S/C9H7Cl2FN2O2/c10-4-8(15)14-9(16)13-7-3-5(12)1-2-6(7)11/h1-3H,4H2,(H2,13,14,15,16). The zero-order chi connectivity index (χ0) is 12.1. The molecule has 0 aromatic heterocycles. The fourth-order valence-electron chi connectivity index (χ4n) is 0.907. The van der Waals surface area contributed by atoms with Gasteiger partial charge >= 0.3 is 6.03 Å². The quantitative estimate of drug-likeness (QED) is 0.806. The summed E-state index contributed by atoms with van der Waals surface area (Å²) in [7, 11) is 0. The number of halogens is 3. The van der Waals surface area contributed by atoms with Gasteiger partial charge in [0.2, 0.25) is 5.91 Å². The van der Waals surface area contributed by atoms with E-state index < -0.39 is 17.8 Å². The van der Waals surface area contributed by atoms with Crippen molar-refractivity contribution in [1.82, 2.24) is 5.32 Å². The second-order valence-corrected chi connectivity index (χ2v) is 3.43. The first-order chi connectivity index (χ1) is 7.52. The average molecular weight is 265 g/mol. The minimum absolute atomic E-state index is 0.0709. The molecule has 1 rings (SSSR count). The third-order valence-electron chi connectivity index (χ3n) is 1.55. The van der Waals surface area contributed by atoms with Gasteiger partial charge in [-0.2, -0.15) is 0 Å². The van der Waals surface area contributed by atoms with Crippen LogP contribution in [-0.2, 0) is 4.79 Å². The van der Waals surface area contributed by atoms with Crippen molar-refractivity contribution in [3.8, 4) is 0 Å². The normalized spacial score (nSPS) is 9.69. The maximum absolute atomic E-state index is 12.8. The zero-order valence-corrected chi connectivity index (χ0v) is 9.40. The largest absolute Gasteiger partial charge is 0.325 e. The van der Waals surface area contributed by atoms with Gasteiger partial charge in [-0.1, -0.05) is 11.6 Å². The summed E-state index contributed by atoms with van der Waals surface area (Å²) in [5.41, 5.74) is 0.0709. The van der Waals surface area contributed by atoms with E-state index in [0.29, 0.717) is 0 Å². The molecule has 0 aliphatic rings.